The van der Waals surface area contributed by atoms with Gasteiger partial charge < -0.3 is 19.3 Å². The quantitative estimate of drug-likeness (QED) is 0.858. The van der Waals surface area contributed by atoms with E-state index in [4.69, 9.17) is 9.47 Å². The highest BCUT2D eigenvalue weighted by Gasteiger charge is 2.22. The molecule has 132 valence electrons. The largest absolute Gasteiger partial charge is 0.493 e. The van der Waals surface area contributed by atoms with Crippen molar-refractivity contribution in [3.8, 4) is 11.5 Å². The molecule has 1 aliphatic heterocycles. The van der Waals surface area contributed by atoms with Crippen molar-refractivity contribution in [3.63, 3.8) is 0 Å². The number of aryl methyl sites for hydroxylation is 1. The average Bonchev–Trinajstić information content (AvgIpc) is 2.67. The summed E-state index contributed by atoms with van der Waals surface area (Å²) in [7, 11) is 3.27. The third-order valence-electron chi connectivity index (χ3n) is 4.60. The van der Waals surface area contributed by atoms with Crippen LogP contribution >= 0.6 is 0 Å². The summed E-state index contributed by atoms with van der Waals surface area (Å²) in [5, 5.41) is 0. The monoisotopic (exact) mass is 340 g/mol. The number of anilines is 1. The lowest BCUT2D eigenvalue weighted by atomic mass is 10.1. The van der Waals surface area contributed by atoms with Gasteiger partial charge in [0, 0.05) is 43.5 Å². The minimum absolute atomic E-state index is 0.104. The molecule has 0 saturated carbocycles. The Hall–Kier alpha value is -2.69. The fourth-order valence-electron chi connectivity index (χ4n) is 3.07. The van der Waals surface area contributed by atoms with Crippen molar-refractivity contribution in [2.75, 3.05) is 45.3 Å². The van der Waals surface area contributed by atoms with Gasteiger partial charge in [0.25, 0.3) is 5.91 Å². The third kappa shape index (κ3) is 3.71. The Morgan fingerprint density at radius 1 is 0.880 bits per heavy atom. The lowest BCUT2D eigenvalue weighted by Crippen LogP contribution is -2.48. The van der Waals surface area contributed by atoms with Crippen LogP contribution in [0.1, 0.15) is 15.9 Å². The average molecular weight is 340 g/mol. The van der Waals surface area contributed by atoms with Gasteiger partial charge in [-0.3, -0.25) is 4.79 Å². The lowest BCUT2D eigenvalue weighted by Gasteiger charge is -2.36. The van der Waals surface area contributed by atoms with Crippen molar-refractivity contribution in [1.29, 1.82) is 0 Å². The molecule has 5 heteroatoms. The molecule has 0 aromatic heterocycles. The molecule has 25 heavy (non-hydrogen) atoms. The second kappa shape index (κ2) is 7.47. The van der Waals surface area contributed by atoms with Gasteiger partial charge in [0.05, 0.1) is 14.2 Å². The van der Waals surface area contributed by atoms with E-state index < -0.39 is 0 Å². The van der Waals surface area contributed by atoms with E-state index in [1.807, 2.05) is 54.3 Å². The number of amides is 1. The Balaban J connectivity index is 1.65. The van der Waals surface area contributed by atoms with Crippen LogP contribution in [0.4, 0.5) is 5.69 Å². The van der Waals surface area contributed by atoms with Gasteiger partial charge in [-0.25, -0.2) is 0 Å². The van der Waals surface area contributed by atoms with E-state index in [0.29, 0.717) is 13.1 Å². The molecule has 0 unspecified atom stereocenters. The first kappa shape index (κ1) is 17.1. The van der Waals surface area contributed by atoms with Crippen LogP contribution < -0.4 is 14.4 Å². The van der Waals surface area contributed by atoms with Crippen LogP contribution in [-0.4, -0.2) is 51.2 Å². The molecule has 0 aliphatic carbocycles. The first-order valence-electron chi connectivity index (χ1n) is 8.45. The molecule has 2 aromatic rings. The molecular weight excluding hydrogens is 316 g/mol. The van der Waals surface area contributed by atoms with Gasteiger partial charge in [0.1, 0.15) is 0 Å². The number of methoxy groups -OCH3 is 2. The molecule has 5 nitrogen and oxygen atoms in total. The van der Waals surface area contributed by atoms with Crippen molar-refractivity contribution in [1.82, 2.24) is 4.90 Å². The summed E-state index contributed by atoms with van der Waals surface area (Å²) in [6, 6.07) is 13.7. The highest BCUT2D eigenvalue weighted by molar-refractivity contribution is 5.94. The van der Waals surface area contributed by atoms with Gasteiger partial charge in [-0.2, -0.15) is 0 Å². The normalized spacial score (nSPS) is 14.4. The summed E-state index contributed by atoms with van der Waals surface area (Å²) in [6.45, 7) is 5.04. The zero-order valence-electron chi connectivity index (χ0n) is 15.0. The summed E-state index contributed by atoms with van der Waals surface area (Å²) < 4.78 is 10.7. The smallest absolute Gasteiger partial charge is 0.253 e. The molecule has 3 rings (SSSR count). The fourth-order valence-corrected chi connectivity index (χ4v) is 3.07. The minimum Gasteiger partial charge on any atom is -0.493 e. The number of nitrogens with zero attached hydrogens (tertiary/aromatic N) is 2. The Morgan fingerprint density at radius 2 is 1.52 bits per heavy atom. The molecule has 0 radical (unpaired) electrons. The van der Waals surface area contributed by atoms with Gasteiger partial charge in [-0.1, -0.05) is 17.7 Å². The molecule has 0 atom stereocenters. The van der Waals surface area contributed by atoms with Crippen LogP contribution in [0.2, 0.25) is 0 Å². The maximum absolute atomic E-state index is 12.6. The summed E-state index contributed by atoms with van der Waals surface area (Å²) in [6.07, 6.45) is 0. The Kier molecular flexibility index (Phi) is 5.12. The molecule has 1 heterocycles. The predicted molar refractivity (Wildman–Crippen MR) is 98.8 cm³/mol. The zero-order chi connectivity index (χ0) is 17.8. The number of hydrogen-bond acceptors (Lipinski definition) is 4. The lowest BCUT2D eigenvalue weighted by molar-refractivity contribution is 0.0747. The van der Waals surface area contributed by atoms with Crippen molar-refractivity contribution in [2.24, 2.45) is 0 Å². The maximum Gasteiger partial charge on any atom is 0.253 e. The SMILES string of the molecule is COc1ccc(N2CCN(C(=O)c3ccc(C)cc3)CC2)cc1OC. The highest BCUT2D eigenvalue weighted by atomic mass is 16.5. The molecular formula is C20H24N2O3. The molecule has 0 bridgehead atoms. The third-order valence-corrected chi connectivity index (χ3v) is 4.60. The van der Waals surface area contributed by atoms with Gasteiger partial charge in [0.2, 0.25) is 0 Å². The Morgan fingerprint density at radius 3 is 2.12 bits per heavy atom. The van der Waals surface area contributed by atoms with E-state index in [9.17, 15) is 4.79 Å². The number of ether oxygens (including phenoxy) is 2. The molecule has 1 saturated heterocycles. The zero-order valence-corrected chi connectivity index (χ0v) is 15.0. The van der Waals surface area contributed by atoms with E-state index in [-0.39, 0.29) is 5.91 Å². The van der Waals surface area contributed by atoms with Crippen LogP contribution in [0, 0.1) is 6.92 Å². The highest BCUT2D eigenvalue weighted by Crippen LogP contribution is 2.31. The predicted octanol–water partition coefficient (Wildman–Crippen LogP) is 2.97. The van der Waals surface area contributed by atoms with E-state index in [1.165, 1.54) is 0 Å². The van der Waals surface area contributed by atoms with Gasteiger partial charge in [-0.05, 0) is 31.2 Å². The van der Waals surface area contributed by atoms with Crippen LogP contribution in [-0.2, 0) is 0 Å². The standard InChI is InChI=1S/C20H24N2O3/c1-15-4-6-16(7-5-15)20(23)22-12-10-21(11-13-22)17-8-9-18(24-2)19(14-17)25-3/h4-9,14H,10-13H2,1-3H3. The molecule has 1 amide bonds. The first-order chi connectivity index (χ1) is 12.1. The van der Waals surface area contributed by atoms with Crippen molar-refractivity contribution < 1.29 is 14.3 Å². The van der Waals surface area contributed by atoms with Crippen LogP contribution in [0.3, 0.4) is 0 Å². The van der Waals surface area contributed by atoms with Gasteiger partial charge >= 0.3 is 0 Å². The molecule has 2 aromatic carbocycles. The number of benzene rings is 2. The molecule has 1 fully saturated rings. The summed E-state index contributed by atoms with van der Waals surface area (Å²) in [5.41, 5.74) is 3.00. The number of carbonyl (C=O) groups is 1. The van der Waals surface area contributed by atoms with Crippen molar-refractivity contribution >= 4 is 11.6 Å². The van der Waals surface area contributed by atoms with Gasteiger partial charge in [0.15, 0.2) is 11.5 Å². The van der Waals surface area contributed by atoms with E-state index in [2.05, 4.69) is 4.90 Å². The summed E-state index contributed by atoms with van der Waals surface area (Å²) in [5.74, 6) is 1.55. The minimum atomic E-state index is 0.104. The molecule has 0 N–H and O–H groups in total. The van der Waals surface area contributed by atoms with Crippen molar-refractivity contribution in [2.45, 2.75) is 6.92 Å². The van der Waals surface area contributed by atoms with Crippen LogP contribution in [0.25, 0.3) is 0 Å². The summed E-state index contributed by atoms with van der Waals surface area (Å²) in [4.78, 5) is 16.8. The Labute approximate surface area is 148 Å². The number of rotatable bonds is 4. The second-order valence-corrected chi connectivity index (χ2v) is 6.18. The van der Waals surface area contributed by atoms with E-state index >= 15 is 0 Å². The maximum atomic E-state index is 12.6. The fraction of sp³-hybridized carbons (Fsp3) is 0.350. The topological polar surface area (TPSA) is 42.0 Å². The number of hydrogen-bond donors (Lipinski definition) is 0. The first-order valence-corrected chi connectivity index (χ1v) is 8.45. The van der Waals surface area contributed by atoms with E-state index in [0.717, 1.165) is 41.4 Å². The number of piperazine rings is 1. The van der Waals surface area contributed by atoms with Gasteiger partial charge in [-0.15, -0.1) is 0 Å². The van der Waals surface area contributed by atoms with Crippen LogP contribution in [0.5, 0.6) is 11.5 Å². The molecule has 0 spiro atoms. The van der Waals surface area contributed by atoms with Crippen molar-refractivity contribution in [3.05, 3.63) is 53.6 Å². The summed E-state index contributed by atoms with van der Waals surface area (Å²) >= 11 is 0. The van der Waals surface area contributed by atoms with E-state index in [1.54, 1.807) is 14.2 Å². The van der Waals surface area contributed by atoms with Crippen LogP contribution in [0.15, 0.2) is 42.5 Å². The Bertz CT molecular complexity index is 735. The second-order valence-electron chi connectivity index (χ2n) is 6.18. The number of carbonyl (C=O) groups excluding carboxylic acids is 1. The molecule has 1 aliphatic rings.